The van der Waals surface area contributed by atoms with Crippen molar-refractivity contribution >= 4 is 11.6 Å². The predicted octanol–water partition coefficient (Wildman–Crippen LogP) is 3.28. The SMILES string of the molecule is COc1ccc(N2CC(c3nc(-c4ccccc4OC)no3)CC2=O)cc1OC. The molecule has 1 fully saturated rings. The lowest BCUT2D eigenvalue weighted by Crippen LogP contribution is -2.24. The first-order valence-corrected chi connectivity index (χ1v) is 9.14. The second kappa shape index (κ2) is 7.83. The van der Waals surface area contributed by atoms with Gasteiger partial charge in [0.05, 0.1) is 32.8 Å². The maximum atomic E-state index is 12.6. The van der Waals surface area contributed by atoms with E-state index in [1.54, 1.807) is 38.4 Å². The lowest BCUT2D eigenvalue weighted by Gasteiger charge is -2.18. The molecule has 150 valence electrons. The number of rotatable bonds is 6. The van der Waals surface area contributed by atoms with Crippen LogP contribution in [0.3, 0.4) is 0 Å². The van der Waals surface area contributed by atoms with Crippen molar-refractivity contribution in [2.45, 2.75) is 12.3 Å². The van der Waals surface area contributed by atoms with Crippen LogP contribution in [0.1, 0.15) is 18.2 Å². The minimum absolute atomic E-state index is 0.0146. The summed E-state index contributed by atoms with van der Waals surface area (Å²) in [7, 11) is 4.73. The summed E-state index contributed by atoms with van der Waals surface area (Å²) in [5, 5.41) is 4.08. The van der Waals surface area contributed by atoms with Crippen molar-refractivity contribution in [1.29, 1.82) is 0 Å². The molecule has 0 radical (unpaired) electrons. The molecule has 8 nitrogen and oxygen atoms in total. The van der Waals surface area contributed by atoms with Crippen LogP contribution in [0.2, 0.25) is 0 Å². The van der Waals surface area contributed by atoms with Crippen LogP contribution >= 0.6 is 0 Å². The quantitative estimate of drug-likeness (QED) is 0.633. The van der Waals surface area contributed by atoms with E-state index in [1.807, 2.05) is 30.3 Å². The van der Waals surface area contributed by atoms with E-state index < -0.39 is 0 Å². The third kappa shape index (κ3) is 3.49. The van der Waals surface area contributed by atoms with Gasteiger partial charge in [-0.2, -0.15) is 4.98 Å². The molecule has 0 saturated carbocycles. The van der Waals surface area contributed by atoms with Gasteiger partial charge in [0.25, 0.3) is 0 Å². The fourth-order valence-corrected chi connectivity index (χ4v) is 3.46. The van der Waals surface area contributed by atoms with Crippen LogP contribution < -0.4 is 19.1 Å². The first-order chi connectivity index (χ1) is 14.1. The van der Waals surface area contributed by atoms with Crippen LogP contribution in [-0.4, -0.2) is 43.9 Å². The lowest BCUT2D eigenvalue weighted by molar-refractivity contribution is -0.117. The lowest BCUT2D eigenvalue weighted by atomic mass is 10.1. The number of aromatic nitrogens is 2. The average Bonchev–Trinajstić information content (AvgIpc) is 3.40. The Morgan fingerprint density at radius 3 is 2.52 bits per heavy atom. The van der Waals surface area contributed by atoms with E-state index in [2.05, 4.69) is 10.1 Å². The van der Waals surface area contributed by atoms with E-state index in [9.17, 15) is 4.79 Å². The molecule has 1 aromatic heterocycles. The molecule has 0 bridgehead atoms. The normalized spacial score (nSPS) is 16.2. The summed E-state index contributed by atoms with van der Waals surface area (Å²) < 4.78 is 21.4. The second-order valence-electron chi connectivity index (χ2n) is 6.60. The predicted molar refractivity (Wildman–Crippen MR) is 106 cm³/mol. The number of nitrogens with zero attached hydrogens (tertiary/aromatic N) is 3. The molecule has 2 aromatic carbocycles. The largest absolute Gasteiger partial charge is 0.496 e. The Labute approximate surface area is 168 Å². The van der Waals surface area contributed by atoms with Crippen molar-refractivity contribution in [2.75, 3.05) is 32.8 Å². The smallest absolute Gasteiger partial charge is 0.232 e. The van der Waals surface area contributed by atoms with Gasteiger partial charge in [-0.1, -0.05) is 17.3 Å². The topological polar surface area (TPSA) is 86.9 Å². The van der Waals surface area contributed by atoms with Gasteiger partial charge in [0, 0.05) is 24.7 Å². The molecule has 0 N–H and O–H groups in total. The van der Waals surface area contributed by atoms with Crippen molar-refractivity contribution in [2.24, 2.45) is 0 Å². The number of methoxy groups -OCH3 is 3. The van der Waals surface area contributed by atoms with Crippen LogP contribution in [0.15, 0.2) is 47.0 Å². The monoisotopic (exact) mass is 395 g/mol. The molecule has 1 aliphatic heterocycles. The number of para-hydroxylation sites is 1. The van der Waals surface area contributed by atoms with Crippen LogP contribution in [0.25, 0.3) is 11.4 Å². The minimum Gasteiger partial charge on any atom is -0.496 e. The van der Waals surface area contributed by atoms with Crippen molar-refractivity contribution in [1.82, 2.24) is 10.1 Å². The molecule has 1 aliphatic rings. The van der Waals surface area contributed by atoms with Gasteiger partial charge in [-0.05, 0) is 24.3 Å². The van der Waals surface area contributed by atoms with Gasteiger partial charge in [-0.3, -0.25) is 4.79 Å². The summed E-state index contributed by atoms with van der Waals surface area (Å²) in [6.07, 6.45) is 0.294. The zero-order valence-electron chi connectivity index (χ0n) is 16.4. The maximum absolute atomic E-state index is 12.6. The molecule has 3 aromatic rings. The van der Waals surface area contributed by atoms with Gasteiger partial charge in [0.15, 0.2) is 11.5 Å². The van der Waals surface area contributed by atoms with E-state index in [-0.39, 0.29) is 11.8 Å². The average molecular weight is 395 g/mol. The highest BCUT2D eigenvalue weighted by atomic mass is 16.5. The highest BCUT2D eigenvalue weighted by Crippen LogP contribution is 2.37. The summed E-state index contributed by atoms with van der Waals surface area (Å²) in [6, 6.07) is 12.8. The molecule has 1 atom stereocenters. The van der Waals surface area contributed by atoms with E-state index >= 15 is 0 Å². The van der Waals surface area contributed by atoms with Gasteiger partial charge in [-0.15, -0.1) is 0 Å². The Balaban J connectivity index is 1.57. The fourth-order valence-electron chi connectivity index (χ4n) is 3.46. The number of hydrogen-bond acceptors (Lipinski definition) is 7. The van der Waals surface area contributed by atoms with E-state index in [4.69, 9.17) is 18.7 Å². The van der Waals surface area contributed by atoms with Crippen LogP contribution in [0, 0.1) is 0 Å². The number of anilines is 1. The summed E-state index contributed by atoms with van der Waals surface area (Å²) in [4.78, 5) is 18.8. The van der Waals surface area contributed by atoms with Gasteiger partial charge < -0.3 is 23.6 Å². The molecule has 8 heteroatoms. The number of amides is 1. The third-order valence-corrected chi connectivity index (χ3v) is 4.94. The minimum atomic E-state index is -0.188. The molecule has 4 rings (SSSR count). The number of ether oxygens (including phenoxy) is 3. The highest BCUT2D eigenvalue weighted by Gasteiger charge is 2.35. The molecule has 1 amide bonds. The number of carbonyl (C=O) groups is 1. The van der Waals surface area contributed by atoms with Crippen molar-refractivity contribution in [3.63, 3.8) is 0 Å². The van der Waals surface area contributed by atoms with E-state index in [1.165, 1.54) is 0 Å². The van der Waals surface area contributed by atoms with Crippen molar-refractivity contribution in [3.05, 3.63) is 48.4 Å². The molecular weight excluding hydrogens is 374 g/mol. The Bertz CT molecular complexity index is 1030. The summed E-state index contributed by atoms with van der Waals surface area (Å²) in [5.74, 6) is 2.51. The van der Waals surface area contributed by atoms with Crippen LogP contribution in [0.4, 0.5) is 5.69 Å². The number of hydrogen-bond donors (Lipinski definition) is 0. The molecule has 29 heavy (non-hydrogen) atoms. The number of carbonyl (C=O) groups excluding carboxylic acids is 1. The number of benzene rings is 2. The summed E-state index contributed by atoms with van der Waals surface area (Å²) in [5.41, 5.74) is 1.48. The second-order valence-corrected chi connectivity index (χ2v) is 6.60. The molecule has 1 unspecified atom stereocenters. The zero-order chi connectivity index (χ0) is 20.4. The van der Waals surface area contributed by atoms with E-state index in [0.29, 0.717) is 41.9 Å². The molecule has 1 saturated heterocycles. The highest BCUT2D eigenvalue weighted by molar-refractivity contribution is 5.96. The standard InChI is InChI=1S/C21H21N3O5/c1-26-16-7-5-4-6-15(16)20-22-21(29-23-20)13-10-19(25)24(12-13)14-8-9-17(27-2)18(11-14)28-3/h4-9,11,13H,10,12H2,1-3H3. The molecule has 2 heterocycles. The van der Waals surface area contributed by atoms with Crippen LogP contribution in [-0.2, 0) is 4.79 Å². The van der Waals surface area contributed by atoms with E-state index in [0.717, 1.165) is 11.3 Å². The Kier molecular flexibility index (Phi) is 5.07. The molecular formula is C21H21N3O5. The van der Waals surface area contributed by atoms with Crippen molar-refractivity contribution < 1.29 is 23.5 Å². The zero-order valence-corrected chi connectivity index (χ0v) is 16.4. The molecule has 0 spiro atoms. The molecule has 0 aliphatic carbocycles. The Morgan fingerprint density at radius 1 is 1.00 bits per heavy atom. The fraction of sp³-hybridized carbons (Fsp3) is 0.286. The van der Waals surface area contributed by atoms with Crippen molar-refractivity contribution in [3.8, 4) is 28.6 Å². The first kappa shape index (κ1) is 18.8. The third-order valence-electron chi connectivity index (χ3n) is 4.94. The first-order valence-electron chi connectivity index (χ1n) is 9.14. The maximum Gasteiger partial charge on any atom is 0.232 e. The van der Waals surface area contributed by atoms with Gasteiger partial charge in [0.2, 0.25) is 17.6 Å². The van der Waals surface area contributed by atoms with Crippen LogP contribution in [0.5, 0.6) is 17.2 Å². The summed E-state index contributed by atoms with van der Waals surface area (Å²) in [6.45, 7) is 0.446. The Hall–Kier alpha value is -3.55. The Morgan fingerprint density at radius 2 is 1.76 bits per heavy atom. The van der Waals surface area contributed by atoms with Gasteiger partial charge in [0.1, 0.15) is 5.75 Å². The van der Waals surface area contributed by atoms with Gasteiger partial charge >= 0.3 is 0 Å². The van der Waals surface area contributed by atoms with Gasteiger partial charge in [-0.25, -0.2) is 0 Å². The summed E-state index contributed by atoms with van der Waals surface area (Å²) >= 11 is 0.